The molecule has 0 heteroatoms. The fourth-order valence-corrected chi connectivity index (χ4v) is 6.44. The molecule has 2 unspecified atom stereocenters. The molecule has 0 radical (unpaired) electrons. The molecule has 0 heterocycles. The zero-order valence-electron chi connectivity index (χ0n) is 12.4. The van der Waals surface area contributed by atoms with E-state index in [9.17, 15) is 0 Å². The Bertz CT molecular complexity index is 470. The molecule has 0 spiro atoms. The predicted octanol–water partition coefficient (Wildman–Crippen LogP) is 5.49. The highest BCUT2D eigenvalue weighted by atomic mass is 14.5. The second-order valence-electron chi connectivity index (χ2n) is 8.19. The molecule has 4 saturated carbocycles. The smallest absolute Gasteiger partial charge is 0.0128 e. The third-order valence-corrected chi connectivity index (χ3v) is 7.27. The standard InChI is InChI=1S/C20H26/c1-2-4-18(20-12-14-6-8-16(20)10-14)17(3-1)19-11-13-5-7-15(19)9-13/h1-4,13-16,19-20H,5-12H2/t13-,14+,15+,16-,19?,20?. The van der Waals surface area contributed by atoms with Crippen LogP contribution < -0.4 is 0 Å². The van der Waals surface area contributed by atoms with E-state index >= 15 is 0 Å². The first-order valence-electron chi connectivity index (χ1n) is 8.97. The predicted molar refractivity (Wildman–Crippen MR) is 82.8 cm³/mol. The lowest BCUT2D eigenvalue weighted by atomic mass is 9.75. The maximum absolute atomic E-state index is 2.49. The van der Waals surface area contributed by atoms with Crippen molar-refractivity contribution in [1.82, 2.24) is 0 Å². The Hall–Kier alpha value is -0.780. The summed E-state index contributed by atoms with van der Waals surface area (Å²) >= 11 is 0. The molecular formula is C20H26. The van der Waals surface area contributed by atoms with Crippen LogP contribution in [0.5, 0.6) is 0 Å². The molecule has 1 aromatic rings. The Balaban J connectivity index is 1.50. The lowest BCUT2D eigenvalue weighted by Gasteiger charge is -2.30. The van der Waals surface area contributed by atoms with Gasteiger partial charge in [-0.3, -0.25) is 0 Å². The molecule has 0 saturated heterocycles. The van der Waals surface area contributed by atoms with Gasteiger partial charge in [0, 0.05) is 0 Å². The highest BCUT2D eigenvalue weighted by Crippen LogP contribution is 2.57. The summed E-state index contributed by atoms with van der Waals surface area (Å²) in [5.74, 6) is 6.03. The molecule has 0 aliphatic heterocycles. The van der Waals surface area contributed by atoms with Crippen LogP contribution in [0.25, 0.3) is 0 Å². The summed E-state index contributed by atoms with van der Waals surface area (Å²) in [4.78, 5) is 0. The van der Waals surface area contributed by atoms with E-state index in [2.05, 4.69) is 24.3 Å². The molecule has 1 aromatic carbocycles. The second-order valence-corrected chi connectivity index (χ2v) is 8.19. The highest BCUT2D eigenvalue weighted by Gasteiger charge is 2.44. The molecule has 0 nitrogen and oxygen atoms in total. The van der Waals surface area contributed by atoms with Crippen molar-refractivity contribution in [1.29, 1.82) is 0 Å². The summed E-state index contributed by atoms with van der Waals surface area (Å²) < 4.78 is 0. The minimum atomic E-state index is 0.920. The van der Waals surface area contributed by atoms with Crippen molar-refractivity contribution in [2.75, 3.05) is 0 Å². The Morgan fingerprint density at radius 1 is 0.600 bits per heavy atom. The van der Waals surface area contributed by atoms with Crippen molar-refractivity contribution in [3.05, 3.63) is 35.4 Å². The molecule has 20 heavy (non-hydrogen) atoms. The topological polar surface area (TPSA) is 0 Å². The van der Waals surface area contributed by atoms with Gasteiger partial charge < -0.3 is 0 Å². The average Bonchev–Trinajstić information content (AvgIpc) is 3.26. The summed E-state index contributed by atoms with van der Waals surface area (Å²) in [5, 5.41) is 0. The minimum Gasteiger partial charge on any atom is -0.0620 e. The van der Waals surface area contributed by atoms with Gasteiger partial charge in [0.2, 0.25) is 0 Å². The SMILES string of the molecule is c1ccc(C2C[C@@H]3CC[C@H]2C3)c(C2C[C@H]3CC[C@@H]2C3)c1. The molecule has 4 aliphatic carbocycles. The van der Waals surface area contributed by atoms with E-state index in [1.54, 1.807) is 11.1 Å². The molecule has 0 amide bonds. The number of fused-ring (bicyclic) bond motifs is 4. The maximum Gasteiger partial charge on any atom is -0.0128 e. The zero-order valence-corrected chi connectivity index (χ0v) is 12.4. The molecular weight excluding hydrogens is 240 g/mol. The van der Waals surface area contributed by atoms with Crippen molar-refractivity contribution in [2.24, 2.45) is 23.7 Å². The normalized spacial score (nSPS) is 45.4. The fourth-order valence-electron chi connectivity index (χ4n) is 6.44. The van der Waals surface area contributed by atoms with Gasteiger partial charge in [-0.15, -0.1) is 0 Å². The number of rotatable bonds is 2. The molecule has 4 fully saturated rings. The summed E-state index contributed by atoms with van der Waals surface area (Å²) in [5.41, 5.74) is 3.55. The van der Waals surface area contributed by atoms with Crippen LogP contribution >= 0.6 is 0 Å². The van der Waals surface area contributed by atoms with Crippen molar-refractivity contribution < 1.29 is 0 Å². The van der Waals surface area contributed by atoms with Crippen LogP contribution in [0.2, 0.25) is 0 Å². The monoisotopic (exact) mass is 266 g/mol. The first-order valence-corrected chi connectivity index (χ1v) is 8.97. The summed E-state index contributed by atoms with van der Waals surface area (Å²) in [6.07, 6.45) is 12.2. The van der Waals surface area contributed by atoms with Gasteiger partial charge in [0.1, 0.15) is 0 Å². The largest absolute Gasteiger partial charge is 0.0620 e. The van der Waals surface area contributed by atoms with Gasteiger partial charge in [0.15, 0.2) is 0 Å². The maximum atomic E-state index is 2.49. The Labute approximate surface area is 123 Å². The van der Waals surface area contributed by atoms with Crippen molar-refractivity contribution in [3.8, 4) is 0 Å². The molecule has 6 atom stereocenters. The van der Waals surface area contributed by atoms with Crippen molar-refractivity contribution >= 4 is 0 Å². The number of hydrogen-bond acceptors (Lipinski definition) is 0. The van der Waals surface area contributed by atoms with Crippen LogP contribution in [-0.2, 0) is 0 Å². The molecule has 0 N–H and O–H groups in total. The molecule has 4 bridgehead atoms. The van der Waals surface area contributed by atoms with E-state index < -0.39 is 0 Å². The van der Waals surface area contributed by atoms with E-state index in [0.717, 1.165) is 35.5 Å². The van der Waals surface area contributed by atoms with Gasteiger partial charge in [-0.2, -0.15) is 0 Å². The summed E-state index contributed by atoms with van der Waals surface area (Å²) in [6, 6.07) is 9.59. The van der Waals surface area contributed by atoms with Gasteiger partial charge in [0.05, 0.1) is 0 Å². The third kappa shape index (κ3) is 1.66. The van der Waals surface area contributed by atoms with Gasteiger partial charge in [-0.05, 0) is 85.2 Å². The van der Waals surface area contributed by atoms with Gasteiger partial charge >= 0.3 is 0 Å². The van der Waals surface area contributed by atoms with Gasteiger partial charge in [-0.1, -0.05) is 37.1 Å². The van der Waals surface area contributed by atoms with Gasteiger partial charge in [-0.25, -0.2) is 0 Å². The van der Waals surface area contributed by atoms with E-state index in [-0.39, 0.29) is 0 Å². The molecule has 4 aliphatic rings. The van der Waals surface area contributed by atoms with Crippen LogP contribution in [0.4, 0.5) is 0 Å². The first-order chi connectivity index (χ1) is 9.88. The van der Waals surface area contributed by atoms with Crippen molar-refractivity contribution in [2.45, 2.75) is 63.2 Å². The minimum absolute atomic E-state index is 0.920. The lowest BCUT2D eigenvalue weighted by molar-refractivity contribution is 0.395. The summed E-state index contributed by atoms with van der Waals surface area (Å²) in [7, 11) is 0. The highest BCUT2D eigenvalue weighted by molar-refractivity contribution is 5.36. The van der Waals surface area contributed by atoms with Crippen molar-refractivity contribution in [3.63, 3.8) is 0 Å². The lowest BCUT2D eigenvalue weighted by Crippen LogP contribution is -2.15. The van der Waals surface area contributed by atoms with E-state index in [1.807, 2.05) is 0 Å². The fraction of sp³-hybridized carbons (Fsp3) is 0.700. The second kappa shape index (κ2) is 4.36. The Morgan fingerprint density at radius 2 is 1.10 bits per heavy atom. The van der Waals surface area contributed by atoms with Crippen LogP contribution in [0.1, 0.15) is 74.3 Å². The average molecular weight is 266 g/mol. The third-order valence-electron chi connectivity index (χ3n) is 7.27. The molecule has 5 rings (SSSR count). The van der Waals surface area contributed by atoms with Crippen LogP contribution in [0.15, 0.2) is 24.3 Å². The number of benzene rings is 1. The van der Waals surface area contributed by atoms with Crippen LogP contribution in [-0.4, -0.2) is 0 Å². The van der Waals surface area contributed by atoms with Gasteiger partial charge in [0.25, 0.3) is 0 Å². The molecule has 106 valence electrons. The Morgan fingerprint density at radius 3 is 1.45 bits per heavy atom. The van der Waals surface area contributed by atoms with E-state index in [4.69, 9.17) is 0 Å². The summed E-state index contributed by atoms with van der Waals surface area (Å²) in [6.45, 7) is 0. The first kappa shape index (κ1) is 11.8. The van der Waals surface area contributed by atoms with E-state index in [0.29, 0.717) is 0 Å². The zero-order chi connectivity index (χ0) is 13.1. The van der Waals surface area contributed by atoms with E-state index in [1.165, 1.54) is 51.4 Å². The van der Waals surface area contributed by atoms with Crippen LogP contribution in [0, 0.1) is 23.7 Å². The quantitative estimate of drug-likeness (QED) is 0.663. The van der Waals surface area contributed by atoms with Crippen LogP contribution in [0.3, 0.4) is 0 Å². The Kier molecular flexibility index (Phi) is 2.58. The number of hydrogen-bond donors (Lipinski definition) is 0. The molecule has 0 aromatic heterocycles.